The molecular formula is C22H19ClN8O4S. The van der Waals surface area contributed by atoms with E-state index < -0.39 is 14.9 Å². The molecule has 0 aliphatic rings. The highest BCUT2D eigenvalue weighted by Crippen LogP contribution is 2.33. The van der Waals surface area contributed by atoms with Crippen LogP contribution >= 0.6 is 12.4 Å². The Labute approximate surface area is 212 Å². The molecule has 0 aliphatic carbocycles. The molecular weight excluding hydrogens is 508 g/mol. The van der Waals surface area contributed by atoms with E-state index in [-0.39, 0.29) is 28.7 Å². The number of nitro benzene ring substituents is 1. The van der Waals surface area contributed by atoms with Crippen molar-refractivity contribution in [1.29, 1.82) is 5.26 Å². The van der Waals surface area contributed by atoms with E-state index >= 15 is 0 Å². The van der Waals surface area contributed by atoms with Gasteiger partial charge < -0.3 is 4.90 Å². The maximum Gasteiger partial charge on any atom is 0.281 e. The molecule has 14 heteroatoms. The lowest BCUT2D eigenvalue weighted by Crippen LogP contribution is -2.25. The molecule has 0 spiro atoms. The first-order valence-electron chi connectivity index (χ1n) is 10.1. The largest absolute Gasteiger partial charge is 0.328 e. The molecule has 3 aromatic heterocycles. The third-order valence-corrected chi connectivity index (χ3v) is 6.85. The Balaban J connectivity index is 0.00000361. The number of anilines is 2. The van der Waals surface area contributed by atoms with Gasteiger partial charge in [0.2, 0.25) is 0 Å². The van der Waals surface area contributed by atoms with Crippen LogP contribution in [0.3, 0.4) is 0 Å². The molecule has 0 fully saturated rings. The smallest absolute Gasteiger partial charge is 0.281 e. The second-order valence-corrected chi connectivity index (χ2v) is 9.22. The van der Waals surface area contributed by atoms with Gasteiger partial charge in [-0.25, -0.2) is 9.50 Å². The Hall–Kier alpha value is -4.54. The van der Waals surface area contributed by atoms with Crippen LogP contribution in [0.2, 0.25) is 0 Å². The van der Waals surface area contributed by atoms with Crippen molar-refractivity contribution in [1.82, 2.24) is 19.0 Å². The molecule has 0 saturated heterocycles. The molecule has 4 rings (SSSR count). The van der Waals surface area contributed by atoms with Gasteiger partial charge in [-0.2, -0.15) is 28.3 Å². The van der Waals surface area contributed by atoms with Gasteiger partial charge in [0.25, 0.3) is 15.7 Å². The van der Waals surface area contributed by atoms with Crippen LogP contribution in [-0.2, 0) is 10.0 Å². The number of aromatic nitrogens is 3. The summed E-state index contributed by atoms with van der Waals surface area (Å²) in [4.78, 5) is 16.1. The number of hydrogen-bond donors (Lipinski definition) is 0. The molecule has 184 valence electrons. The summed E-state index contributed by atoms with van der Waals surface area (Å²) in [7, 11) is -1.48. The van der Waals surface area contributed by atoms with Gasteiger partial charge in [-0.3, -0.25) is 10.1 Å². The fourth-order valence-electron chi connectivity index (χ4n) is 3.29. The second kappa shape index (κ2) is 10.4. The zero-order valence-electron chi connectivity index (χ0n) is 19.0. The number of hydrogen-bond acceptors (Lipinski definition) is 9. The normalized spacial score (nSPS) is 11.1. The number of nitriles is 1. The zero-order chi connectivity index (χ0) is 25.2. The van der Waals surface area contributed by atoms with E-state index in [0.717, 1.165) is 10.5 Å². The van der Waals surface area contributed by atoms with E-state index in [0.29, 0.717) is 22.5 Å². The monoisotopic (exact) mass is 526 g/mol. The van der Waals surface area contributed by atoms with Gasteiger partial charge in [0.15, 0.2) is 0 Å². The van der Waals surface area contributed by atoms with Crippen LogP contribution in [0.4, 0.5) is 17.2 Å². The third kappa shape index (κ3) is 4.95. The van der Waals surface area contributed by atoms with E-state index in [2.05, 4.69) is 15.2 Å². The average molecular weight is 527 g/mol. The molecule has 3 heterocycles. The average Bonchev–Trinajstić information content (AvgIpc) is 3.28. The molecule has 36 heavy (non-hydrogen) atoms. The third-order valence-electron chi connectivity index (χ3n) is 5.17. The molecule has 0 saturated carbocycles. The van der Waals surface area contributed by atoms with Gasteiger partial charge in [-0.05, 0) is 30.3 Å². The van der Waals surface area contributed by atoms with Crippen LogP contribution in [0, 0.1) is 21.4 Å². The molecule has 0 amide bonds. The first-order valence-corrected chi connectivity index (χ1v) is 11.5. The number of sulfonamides is 1. The Morgan fingerprint density at radius 2 is 1.97 bits per heavy atom. The maximum atomic E-state index is 13.5. The molecule has 12 nitrogen and oxygen atoms in total. The Kier molecular flexibility index (Phi) is 7.52. The van der Waals surface area contributed by atoms with Crippen LogP contribution in [0.5, 0.6) is 0 Å². The van der Waals surface area contributed by atoms with E-state index in [1.54, 1.807) is 49.8 Å². The first kappa shape index (κ1) is 26.1. The summed E-state index contributed by atoms with van der Waals surface area (Å²) in [6.45, 7) is 0. The summed E-state index contributed by atoms with van der Waals surface area (Å²) in [5.74, 6) is 0.448. The van der Waals surface area contributed by atoms with Crippen molar-refractivity contribution >= 4 is 51.4 Å². The highest BCUT2D eigenvalue weighted by molar-refractivity contribution is 7.89. The summed E-state index contributed by atoms with van der Waals surface area (Å²) < 4.78 is 29.2. The topological polar surface area (TPSA) is 150 Å². The summed E-state index contributed by atoms with van der Waals surface area (Å²) in [6.07, 6.45) is 5.93. The highest BCUT2D eigenvalue weighted by Gasteiger charge is 2.28. The summed E-state index contributed by atoms with van der Waals surface area (Å²) in [6, 6.07) is 13.9. The fourth-order valence-corrected chi connectivity index (χ4v) is 4.49. The van der Waals surface area contributed by atoms with Crippen molar-refractivity contribution in [3.63, 3.8) is 0 Å². The molecule has 1 aromatic carbocycles. The lowest BCUT2D eigenvalue weighted by Gasteiger charge is -2.23. The zero-order valence-corrected chi connectivity index (χ0v) is 20.6. The first-order chi connectivity index (χ1) is 16.7. The SMILES string of the molecule is CN(c1ccccn1)c1ccc([N+](=O)[O-])cc1S(=O)(=O)N(C)/N=C\c1cnn2ccc(C#N)cc12.Cl. The number of fused-ring (bicyclic) bond motifs is 1. The van der Waals surface area contributed by atoms with Gasteiger partial charge >= 0.3 is 0 Å². The predicted molar refractivity (Wildman–Crippen MR) is 135 cm³/mol. The summed E-state index contributed by atoms with van der Waals surface area (Å²) in [5, 5.41) is 28.7. The van der Waals surface area contributed by atoms with E-state index in [9.17, 15) is 18.5 Å². The highest BCUT2D eigenvalue weighted by atomic mass is 35.5. The summed E-state index contributed by atoms with van der Waals surface area (Å²) >= 11 is 0. The second-order valence-electron chi connectivity index (χ2n) is 7.30. The van der Waals surface area contributed by atoms with E-state index in [1.165, 1.54) is 41.0 Å². The Bertz CT molecular complexity index is 1600. The molecule has 0 radical (unpaired) electrons. The quantitative estimate of drug-likeness (QED) is 0.202. The minimum Gasteiger partial charge on any atom is -0.328 e. The van der Waals surface area contributed by atoms with Crippen molar-refractivity contribution in [3.8, 4) is 6.07 Å². The lowest BCUT2D eigenvalue weighted by molar-refractivity contribution is -0.385. The standard InChI is InChI=1S/C22H18N8O4S.ClH/c1-27(22-5-3-4-9-24-22)19-7-6-18(30(31)32)12-21(19)35(33,34)28(2)25-14-17-15-26-29-10-8-16(13-23)11-20(17)29;/h3-12,14-15H,1-2H3;1H/b25-14-;. The van der Waals surface area contributed by atoms with Gasteiger partial charge in [-0.1, -0.05) is 6.07 Å². The van der Waals surface area contributed by atoms with Gasteiger partial charge in [0.1, 0.15) is 10.7 Å². The van der Waals surface area contributed by atoms with Crippen LogP contribution in [0.15, 0.2) is 77.1 Å². The number of halogens is 1. The van der Waals surface area contributed by atoms with Crippen molar-refractivity contribution in [2.24, 2.45) is 5.10 Å². The number of benzene rings is 1. The van der Waals surface area contributed by atoms with E-state index in [4.69, 9.17) is 5.26 Å². The Morgan fingerprint density at radius 3 is 2.64 bits per heavy atom. The van der Waals surface area contributed by atoms with Gasteiger partial charge in [-0.15, -0.1) is 12.4 Å². The van der Waals surface area contributed by atoms with Crippen LogP contribution in [0.25, 0.3) is 5.52 Å². The molecule has 0 aliphatic heterocycles. The lowest BCUT2D eigenvalue weighted by atomic mass is 10.2. The minimum atomic E-state index is -4.32. The number of rotatable bonds is 7. The van der Waals surface area contributed by atoms with Crippen LogP contribution < -0.4 is 4.90 Å². The maximum absolute atomic E-state index is 13.5. The van der Waals surface area contributed by atoms with Crippen LogP contribution in [0.1, 0.15) is 11.1 Å². The predicted octanol–water partition coefficient (Wildman–Crippen LogP) is 3.35. The molecule has 4 aromatic rings. The number of nitrogens with zero attached hydrogens (tertiary/aromatic N) is 8. The molecule has 0 atom stereocenters. The van der Waals surface area contributed by atoms with E-state index in [1.807, 2.05) is 6.07 Å². The number of pyridine rings is 2. The molecule has 0 unspecified atom stereocenters. The van der Waals surface area contributed by atoms with Crippen LogP contribution in [-0.4, -0.2) is 52.7 Å². The molecule has 0 bridgehead atoms. The van der Waals surface area contributed by atoms with Crippen molar-refractivity contribution < 1.29 is 13.3 Å². The summed E-state index contributed by atoms with van der Waals surface area (Å²) in [5.41, 5.74) is 1.25. The minimum absolute atomic E-state index is 0. The Morgan fingerprint density at radius 1 is 1.19 bits per heavy atom. The number of hydrazone groups is 1. The van der Waals surface area contributed by atoms with Crippen molar-refractivity contribution in [2.45, 2.75) is 4.90 Å². The van der Waals surface area contributed by atoms with Crippen molar-refractivity contribution in [3.05, 3.63) is 88.4 Å². The van der Waals surface area contributed by atoms with Crippen molar-refractivity contribution in [2.75, 3.05) is 19.0 Å². The number of non-ortho nitro benzene ring substituents is 1. The number of nitro groups is 1. The van der Waals surface area contributed by atoms with Gasteiger partial charge in [0, 0.05) is 44.2 Å². The molecule has 0 N–H and O–H groups in total. The fraction of sp³-hybridized carbons (Fsp3) is 0.0909. The van der Waals surface area contributed by atoms with Gasteiger partial charge in [0.05, 0.1) is 40.2 Å².